The quantitative estimate of drug-likeness (QED) is 0.155. The number of carboxylic acids is 1. The maximum absolute atomic E-state index is 11.4. The molecule has 2 fully saturated rings. The van der Waals surface area contributed by atoms with Crippen LogP contribution in [-0.2, 0) is 28.5 Å². The number of hydrogen-bond acceptors (Lipinski definition) is 13. The van der Waals surface area contributed by atoms with E-state index in [0.29, 0.717) is 0 Å². The van der Waals surface area contributed by atoms with Crippen molar-refractivity contribution in [2.24, 2.45) is 0 Å². The zero-order valence-corrected chi connectivity index (χ0v) is 14.2. The van der Waals surface area contributed by atoms with E-state index in [0.717, 1.165) is 0 Å². The molecule has 0 aromatic rings. The second-order valence-electron chi connectivity index (χ2n) is 6.21. The van der Waals surface area contributed by atoms with Gasteiger partial charge in [-0.3, -0.25) is 0 Å². The van der Waals surface area contributed by atoms with Crippen LogP contribution >= 0.6 is 0 Å². The number of carbonyl (C=O) groups excluding carboxylic acids is 1. The van der Waals surface area contributed by atoms with Gasteiger partial charge in [-0.05, 0) is 0 Å². The van der Waals surface area contributed by atoms with Gasteiger partial charge in [0.15, 0.2) is 18.7 Å². The molecule has 162 valence electrons. The molecular formula is C14H22O14. The molecule has 14 nitrogen and oxygen atoms in total. The van der Waals surface area contributed by atoms with Gasteiger partial charge in [-0.1, -0.05) is 0 Å². The van der Waals surface area contributed by atoms with E-state index in [9.17, 15) is 45.3 Å². The summed E-state index contributed by atoms with van der Waals surface area (Å²) in [4.78, 5) is 22.1. The molecule has 0 radical (unpaired) electrons. The lowest BCUT2D eigenvalue weighted by Crippen LogP contribution is -2.65. The fourth-order valence-corrected chi connectivity index (χ4v) is 2.86. The molecule has 0 saturated carbocycles. The third kappa shape index (κ3) is 4.57. The van der Waals surface area contributed by atoms with E-state index >= 15 is 0 Å². The molecule has 2 rings (SSSR count). The summed E-state index contributed by atoms with van der Waals surface area (Å²) >= 11 is 0. The summed E-state index contributed by atoms with van der Waals surface area (Å²) in [7, 11) is 0. The van der Waals surface area contributed by atoms with Gasteiger partial charge in [0.2, 0.25) is 0 Å². The van der Waals surface area contributed by atoms with Crippen molar-refractivity contribution in [3.8, 4) is 0 Å². The van der Waals surface area contributed by atoms with Gasteiger partial charge in [0.25, 0.3) is 0 Å². The van der Waals surface area contributed by atoms with Crippen molar-refractivity contribution >= 4 is 11.9 Å². The van der Waals surface area contributed by atoms with E-state index in [-0.39, 0.29) is 0 Å². The third-order valence-electron chi connectivity index (χ3n) is 4.37. The molecule has 2 heterocycles. The Morgan fingerprint density at radius 2 is 1.36 bits per heavy atom. The molecule has 0 aromatic carbocycles. The fourth-order valence-electron chi connectivity index (χ4n) is 2.86. The first-order valence-corrected chi connectivity index (χ1v) is 8.14. The molecule has 10 atom stereocenters. The minimum Gasteiger partial charge on any atom is -0.473 e. The number of carboxylic acid groups (broad SMARTS) is 1. The molecule has 8 N–H and O–H groups in total. The molecule has 0 unspecified atom stereocenters. The Morgan fingerprint density at radius 1 is 0.786 bits per heavy atom. The molecule has 14 heteroatoms. The smallest absolute Gasteiger partial charge is 0.417 e. The minimum absolute atomic E-state index is 0.799. The summed E-state index contributed by atoms with van der Waals surface area (Å²) in [6.45, 7) is -1.61. The Hall–Kier alpha value is -1.46. The van der Waals surface area contributed by atoms with Crippen molar-refractivity contribution in [1.82, 2.24) is 0 Å². The lowest BCUT2D eigenvalue weighted by Gasteiger charge is -2.45. The average molecular weight is 414 g/mol. The van der Waals surface area contributed by atoms with Crippen molar-refractivity contribution in [2.45, 2.75) is 61.4 Å². The summed E-state index contributed by atoms with van der Waals surface area (Å²) in [5.41, 5.74) is 0. The number of aliphatic hydroxyl groups is 7. The van der Waals surface area contributed by atoms with E-state index < -0.39 is 86.6 Å². The standard InChI is InChI=1S/C14H22O14/c15-1-3-5(17)6(18)10(27-13(24)11(21)22)14(26-3)28-9-4(2-16)25-12(23)8(20)7(9)19/h3-10,12,14-20,23H,1-2H2,(H,21,22)/t3-,4-,5+,6+,7-,8-,9-,10-,12-,14+/m1/s1. The van der Waals surface area contributed by atoms with Crippen LogP contribution in [-0.4, -0.2) is 127 Å². The number of hydrogen-bond donors (Lipinski definition) is 8. The topological polar surface area (TPSA) is 233 Å². The van der Waals surface area contributed by atoms with Crippen LogP contribution in [0.5, 0.6) is 0 Å². The maximum atomic E-state index is 11.4. The van der Waals surface area contributed by atoms with Gasteiger partial charge in [-0.15, -0.1) is 0 Å². The molecule has 0 aliphatic carbocycles. The second-order valence-corrected chi connectivity index (χ2v) is 6.21. The third-order valence-corrected chi connectivity index (χ3v) is 4.37. The van der Waals surface area contributed by atoms with Crippen LogP contribution in [0.4, 0.5) is 0 Å². The van der Waals surface area contributed by atoms with Crippen LogP contribution < -0.4 is 0 Å². The van der Waals surface area contributed by atoms with Gasteiger partial charge < -0.3 is 59.8 Å². The Labute approximate surface area is 157 Å². The molecule has 0 spiro atoms. The van der Waals surface area contributed by atoms with Crippen molar-refractivity contribution < 1.29 is 69.4 Å². The molecule has 2 aliphatic rings. The molecule has 2 aliphatic heterocycles. The summed E-state index contributed by atoms with van der Waals surface area (Å²) in [6, 6.07) is 0. The Morgan fingerprint density at radius 3 is 1.89 bits per heavy atom. The largest absolute Gasteiger partial charge is 0.473 e. The lowest BCUT2D eigenvalue weighted by molar-refractivity contribution is -0.355. The van der Waals surface area contributed by atoms with Crippen molar-refractivity contribution in [3.05, 3.63) is 0 Å². The van der Waals surface area contributed by atoms with Crippen LogP contribution in [0.1, 0.15) is 0 Å². The highest BCUT2D eigenvalue weighted by molar-refractivity contribution is 6.28. The highest BCUT2D eigenvalue weighted by Crippen LogP contribution is 2.30. The highest BCUT2D eigenvalue weighted by Gasteiger charge is 2.52. The number of carbonyl (C=O) groups is 2. The van der Waals surface area contributed by atoms with Gasteiger partial charge in [0.1, 0.15) is 42.7 Å². The number of rotatable bonds is 5. The molecule has 0 amide bonds. The first-order chi connectivity index (χ1) is 13.1. The van der Waals surface area contributed by atoms with Gasteiger partial charge >= 0.3 is 11.9 Å². The first kappa shape index (κ1) is 22.8. The number of aliphatic carboxylic acids is 1. The summed E-state index contributed by atoms with van der Waals surface area (Å²) < 4.78 is 19.9. The SMILES string of the molecule is O=C(O)C(=O)O[C@H]1[C@H](O[C@H]2[C@H](O)[C@@H](O)[C@H](O)O[C@@H]2CO)O[C@H](CO)[C@H](O)[C@@H]1O. The number of ether oxygens (including phenoxy) is 4. The summed E-state index contributed by atoms with van der Waals surface area (Å²) in [5.74, 6) is -3.83. The van der Waals surface area contributed by atoms with Crippen molar-refractivity contribution in [1.29, 1.82) is 0 Å². The predicted molar refractivity (Wildman–Crippen MR) is 80.1 cm³/mol. The van der Waals surface area contributed by atoms with E-state index in [4.69, 9.17) is 19.3 Å². The van der Waals surface area contributed by atoms with Crippen LogP contribution in [0.25, 0.3) is 0 Å². The van der Waals surface area contributed by atoms with E-state index in [1.807, 2.05) is 0 Å². The Balaban J connectivity index is 2.26. The lowest BCUT2D eigenvalue weighted by atomic mass is 9.97. The molecule has 0 aromatic heterocycles. The first-order valence-electron chi connectivity index (χ1n) is 8.14. The van der Waals surface area contributed by atoms with Crippen molar-refractivity contribution in [2.75, 3.05) is 13.2 Å². The molecule has 28 heavy (non-hydrogen) atoms. The normalized spacial score (nSPS) is 44.1. The fraction of sp³-hybridized carbons (Fsp3) is 0.857. The van der Waals surface area contributed by atoms with Crippen molar-refractivity contribution in [3.63, 3.8) is 0 Å². The Kier molecular flexibility index (Phi) is 7.63. The van der Waals surface area contributed by atoms with E-state index in [2.05, 4.69) is 4.74 Å². The van der Waals surface area contributed by atoms with E-state index in [1.54, 1.807) is 0 Å². The number of aliphatic hydroxyl groups excluding tert-OH is 7. The van der Waals surface area contributed by atoms with Gasteiger partial charge in [-0.2, -0.15) is 0 Å². The number of esters is 1. The van der Waals surface area contributed by atoms with Gasteiger partial charge in [0, 0.05) is 0 Å². The van der Waals surface area contributed by atoms with Crippen LogP contribution in [0.3, 0.4) is 0 Å². The highest BCUT2D eigenvalue weighted by atomic mass is 16.7. The molecule has 2 saturated heterocycles. The summed E-state index contributed by atoms with van der Waals surface area (Å²) in [6.07, 6.45) is -17.5. The summed E-state index contributed by atoms with van der Waals surface area (Å²) in [5, 5.41) is 76.6. The predicted octanol–water partition coefficient (Wildman–Crippen LogP) is -5.76. The molecule has 0 bridgehead atoms. The second kappa shape index (κ2) is 9.36. The zero-order valence-electron chi connectivity index (χ0n) is 14.2. The minimum atomic E-state index is -2.02. The van der Waals surface area contributed by atoms with Crippen LogP contribution in [0, 0.1) is 0 Å². The maximum Gasteiger partial charge on any atom is 0.417 e. The average Bonchev–Trinajstić information content (AvgIpc) is 2.66. The van der Waals surface area contributed by atoms with Gasteiger partial charge in [0.05, 0.1) is 13.2 Å². The zero-order chi connectivity index (χ0) is 21.2. The molecular weight excluding hydrogens is 392 g/mol. The Bertz CT molecular complexity index is 554. The van der Waals surface area contributed by atoms with Gasteiger partial charge in [-0.25, -0.2) is 9.59 Å². The monoisotopic (exact) mass is 414 g/mol. The van der Waals surface area contributed by atoms with E-state index in [1.165, 1.54) is 0 Å². The van der Waals surface area contributed by atoms with Crippen LogP contribution in [0.15, 0.2) is 0 Å². The van der Waals surface area contributed by atoms with Crippen LogP contribution in [0.2, 0.25) is 0 Å².